The SMILES string of the molecule is COC(=O)C1=CCCNC1CCC=C(c1ccccc1)c1ccccc1. The van der Waals surface area contributed by atoms with Crippen LogP contribution in [0, 0.1) is 0 Å². The van der Waals surface area contributed by atoms with Crippen molar-refractivity contribution in [1.82, 2.24) is 5.32 Å². The van der Waals surface area contributed by atoms with Crippen molar-refractivity contribution in [2.75, 3.05) is 13.7 Å². The molecule has 2 aromatic carbocycles. The lowest BCUT2D eigenvalue weighted by molar-refractivity contribution is -0.136. The van der Waals surface area contributed by atoms with Crippen LogP contribution in [0.25, 0.3) is 5.57 Å². The Bertz CT molecular complexity index is 737. The van der Waals surface area contributed by atoms with Gasteiger partial charge in [0.2, 0.25) is 0 Å². The lowest BCUT2D eigenvalue weighted by Gasteiger charge is -2.24. The number of hydrogen-bond acceptors (Lipinski definition) is 3. The largest absolute Gasteiger partial charge is 0.466 e. The third-order valence-corrected chi connectivity index (χ3v) is 4.67. The smallest absolute Gasteiger partial charge is 0.335 e. The summed E-state index contributed by atoms with van der Waals surface area (Å²) in [6, 6.07) is 20.9. The van der Waals surface area contributed by atoms with E-state index in [0.717, 1.165) is 31.4 Å². The van der Waals surface area contributed by atoms with E-state index < -0.39 is 0 Å². The second-order valence-corrected chi connectivity index (χ2v) is 6.37. The summed E-state index contributed by atoms with van der Waals surface area (Å²) in [4.78, 5) is 12.0. The number of carbonyl (C=O) groups excluding carboxylic acids is 1. The predicted octanol–water partition coefficient (Wildman–Crippen LogP) is 4.36. The van der Waals surface area contributed by atoms with Gasteiger partial charge in [-0.25, -0.2) is 4.79 Å². The summed E-state index contributed by atoms with van der Waals surface area (Å²) in [5, 5.41) is 3.44. The number of ether oxygens (including phenoxy) is 1. The quantitative estimate of drug-likeness (QED) is 0.789. The van der Waals surface area contributed by atoms with Gasteiger partial charge in [0.1, 0.15) is 0 Å². The van der Waals surface area contributed by atoms with Crippen LogP contribution in [0.15, 0.2) is 78.4 Å². The van der Waals surface area contributed by atoms with Crippen molar-refractivity contribution in [3.05, 3.63) is 89.5 Å². The van der Waals surface area contributed by atoms with Gasteiger partial charge in [0.25, 0.3) is 0 Å². The highest BCUT2D eigenvalue weighted by Crippen LogP contribution is 2.25. The second-order valence-electron chi connectivity index (χ2n) is 6.37. The number of benzene rings is 2. The van der Waals surface area contributed by atoms with Crippen molar-refractivity contribution >= 4 is 11.5 Å². The standard InChI is InChI=1S/C23H25NO2/c1-26-23(25)21-15-9-17-24-22(21)16-8-14-20(18-10-4-2-5-11-18)19-12-6-3-7-13-19/h2-7,10-15,22,24H,8-9,16-17H2,1H3. The fourth-order valence-electron chi connectivity index (χ4n) is 3.37. The third kappa shape index (κ3) is 4.50. The Kier molecular flexibility index (Phi) is 6.39. The molecule has 3 nitrogen and oxygen atoms in total. The van der Waals surface area contributed by atoms with Gasteiger partial charge in [0.05, 0.1) is 12.7 Å². The van der Waals surface area contributed by atoms with E-state index in [4.69, 9.17) is 4.74 Å². The maximum absolute atomic E-state index is 12.0. The minimum atomic E-state index is -0.225. The first-order valence-corrected chi connectivity index (χ1v) is 9.12. The van der Waals surface area contributed by atoms with Gasteiger partial charge in [0.15, 0.2) is 0 Å². The molecule has 0 aromatic heterocycles. The Labute approximate surface area is 155 Å². The molecule has 134 valence electrons. The van der Waals surface area contributed by atoms with Gasteiger partial charge in [-0.15, -0.1) is 0 Å². The normalized spacial score (nSPS) is 16.5. The van der Waals surface area contributed by atoms with Gasteiger partial charge in [-0.2, -0.15) is 0 Å². The molecule has 26 heavy (non-hydrogen) atoms. The van der Waals surface area contributed by atoms with Crippen LogP contribution in [0.5, 0.6) is 0 Å². The molecule has 1 heterocycles. The summed E-state index contributed by atoms with van der Waals surface area (Å²) < 4.78 is 4.92. The fourth-order valence-corrected chi connectivity index (χ4v) is 3.37. The Morgan fingerprint density at radius 2 is 1.69 bits per heavy atom. The lowest BCUT2D eigenvalue weighted by atomic mass is 9.94. The van der Waals surface area contributed by atoms with Crippen LogP contribution in [0.2, 0.25) is 0 Å². The third-order valence-electron chi connectivity index (χ3n) is 4.67. The number of carbonyl (C=O) groups is 1. The number of allylic oxidation sites excluding steroid dienone is 1. The molecule has 2 aromatic rings. The molecule has 3 rings (SSSR count). The molecule has 0 amide bonds. The zero-order valence-electron chi connectivity index (χ0n) is 15.2. The summed E-state index contributed by atoms with van der Waals surface area (Å²) in [5.74, 6) is -0.225. The number of nitrogens with one attached hydrogen (secondary N) is 1. The second kappa shape index (κ2) is 9.16. The molecule has 0 aliphatic carbocycles. The topological polar surface area (TPSA) is 38.3 Å². The van der Waals surface area contributed by atoms with Crippen LogP contribution in [0.4, 0.5) is 0 Å². The van der Waals surface area contributed by atoms with E-state index in [9.17, 15) is 4.79 Å². The Hall–Kier alpha value is -2.65. The van der Waals surface area contributed by atoms with E-state index in [-0.39, 0.29) is 12.0 Å². The molecule has 0 spiro atoms. The number of esters is 1. The van der Waals surface area contributed by atoms with Gasteiger partial charge in [-0.05, 0) is 42.5 Å². The Balaban J connectivity index is 1.78. The zero-order chi connectivity index (χ0) is 18.2. The maximum Gasteiger partial charge on any atom is 0.335 e. The molecule has 1 N–H and O–H groups in total. The van der Waals surface area contributed by atoms with E-state index >= 15 is 0 Å². The van der Waals surface area contributed by atoms with Crippen LogP contribution in [0.1, 0.15) is 30.4 Å². The molecule has 1 atom stereocenters. The summed E-state index contributed by atoms with van der Waals surface area (Å²) in [5.41, 5.74) is 4.40. The molecular formula is C23H25NO2. The molecule has 0 bridgehead atoms. The van der Waals surface area contributed by atoms with Crippen molar-refractivity contribution in [3.8, 4) is 0 Å². The molecular weight excluding hydrogens is 322 g/mol. The van der Waals surface area contributed by atoms with Crippen LogP contribution in [0.3, 0.4) is 0 Å². The number of rotatable bonds is 6. The summed E-state index contributed by atoms with van der Waals surface area (Å²) in [6.45, 7) is 0.902. The molecule has 1 aliphatic heterocycles. The van der Waals surface area contributed by atoms with Gasteiger partial charge in [-0.3, -0.25) is 0 Å². The predicted molar refractivity (Wildman–Crippen MR) is 106 cm³/mol. The lowest BCUT2D eigenvalue weighted by Crippen LogP contribution is -2.37. The molecule has 1 aliphatic rings. The van der Waals surface area contributed by atoms with Crippen molar-refractivity contribution in [2.45, 2.75) is 25.3 Å². The minimum absolute atomic E-state index is 0.0558. The van der Waals surface area contributed by atoms with Crippen LogP contribution < -0.4 is 5.32 Å². The minimum Gasteiger partial charge on any atom is -0.466 e. The molecule has 0 saturated carbocycles. The average molecular weight is 347 g/mol. The number of methoxy groups -OCH3 is 1. The number of hydrogen-bond donors (Lipinski definition) is 1. The van der Waals surface area contributed by atoms with E-state index in [1.165, 1.54) is 23.8 Å². The van der Waals surface area contributed by atoms with Crippen molar-refractivity contribution in [3.63, 3.8) is 0 Å². The average Bonchev–Trinajstić information content (AvgIpc) is 2.72. The molecule has 0 radical (unpaired) electrons. The van der Waals surface area contributed by atoms with Crippen molar-refractivity contribution < 1.29 is 9.53 Å². The first-order chi connectivity index (χ1) is 12.8. The molecule has 0 fully saturated rings. The Morgan fingerprint density at radius 1 is 1.08 bits per heavy atom. The van der Waals surface area contributed by atoms with Gasteiger partial charge in [-0.1, -0.05) is 72.8 Å². The van der Waals surface area contributed by atoms with E-state index in [1.54, 1.807) is 0 Å². The first kappa shape index (κ1) is 18.2. The van der Waals surface area contributed by atoms with E-state index in [1.807, 2.05) is 18.2 Å². The monoisotopic (exact) mass is 347 g/mol. The first-order valence-electron chi connectivity index (χ1n) is 9.12. The van der Waals surface area contributed by atoms with Gasteiger partial charge >= 0.3 is 5.97 Å². The molecule has 3 heteroatoms. The summed E-state index contributed by atoms with van der Waals surface area (Å²) >= 11 is 0. The van der Waals surface area contributed by atoms with Crippen molar-refractivity contribution in [2.24, 2.45) is 0 Å². The molecule has 0 saturated heterocycles. The Morgan fingerprint density at radius 3 is 2.27 bits per heavy atom. The summed E-state index contributed by atoms with van der Waals surface area (Å²) in [7, 11) is 1.44. The van der Waals surface area contributed by atoms with Crippen LogP contribution in [-0.4, -0.2) is 25.7 Å². The fraction of sp³-hybridized carbons (Fsp3) is 0.261. The van der Waals surface area contributed by atoms with Gasteiger partial charge < -0.3 is 10.1 Å². The van der Waals surface area contributed by atoms with E-state index in [0.29, 0.717) is 0 Å². The summed E-state index contributed by atoms with van der Waals surface area (Å²) in [6.07, 6.45) is 6.90. The zero-order valence-corrected chi connectivity index (χ0v) is 15.2. The molecule has 1 unspecified atom stereocenters. The van der Waals surface area contributed by atoms with Crippen molar-refractivity contribution in [1.29, 1.82) is 0 Å². The van der Waals surface area contributed by atoms with Gasteiger partial charge in [0, 0.05) is 6.04 Å². The highest BCUT2D eigenvalue weighted by atomic mass is 16.5. The highest BCUT2D eigenvalue weighted by Gasteiger charge is 2.23. The maximum atomic E-state index is 12.0. The van der Waals surface area contributed by atoms with Crippen LogP contribution in [-0.2, 0) is 9.53 Å². The van der Waals surface area contributed by atoms with Crippen LogP contribution >= 0.6 is 0 Å². The van der Waals surface area contributed by atoms with E-state index in [2.05, 4.69) is 59.9 Å². The highest BCUT2D eigenvalue weighted by molar-refractivity contribution is 5.90.